The summed E-state index contributed by atoms with van der Waals surface area (Å²) in [7, 11) is 0. The quantitative estimate of drug-likeness (QED) is 0.797. The molecule has 0 amide bonds. The maximum absolute atomic E-state index is 9.40. The van der Waals surface area contributed by atoms with E-state index in [0.29, 0.717) is 19.1 Å². The molecular weight excluding hydrogens is 264 g/mol. The normalized spacial score (nSPS) is 18.4. The molecular formula is C17H24N2O2. The monoisotopic (exact) mass is 288 g/mol. The number of nitrogens with zero attached hydrogens (tertiary/aromatic N) is 1. The predicted molar refractivity (Wildman–Crippen MR) is 82.5 cm³/mol. The lowest BCUT2D eigenvalue weighted by molar-refractivity contribution is 0.178. The molecule has 1 aliphatic rings. The molecule has 1 fully saturated rings. The standard InChI is InChI=1S/C17H24N2O2/c1-4-20-15-6-5-7-16(10-15)21-13(2)11-17(3,12-18)19-14-8-9-14/h5-7,10,13-14,19H,4,8-9,11H2,1-3H3. The van der Waals surface area contributed by atoms with E-state index in [0.717, 1.165) is 11.5 Å². The van der Waals surface area contributed by atoms with E-state index >= 15 is 0 Å². The smallest absolute Gasteiger partial charge is 0.123 e. The Balaban J connectivity index is 1.92. The van der Waals surface area contributed by atoms with Gasteiger partial charge in [0.05, 0.1) is 18.8 Å². The summed E-state index contributed by atoms with van der Waals surface area (Å²) < 4.78 is 11.4. The number of nitrogens with one attached hydrogen (secondary N) is 1. The van der Waals surface area contributed by atoms with E-state index in [2.05, 4.69) is 11.4 Å². The fourth-order valence-corrected chi connectivity index (χ4v) is 2.47. The minimum Gasteiger partial charge on any atom is -0.494 e. The van der Waals surface area contributed by atoms with Gasteiger partial charge in [-0.15, -0.1) is 0 Å². The molecule has 21 heavy (non-hydrogen) atoms. The molecule has 1 aromatic rings. The van der Waals surface area contributed by atoms with Crippen LogP contribution in [0.1, 0.15) is 40.0 Å². The molecule has 0 radical (unpaired) electrons. The van der Waals surface area contributed by atoms with Crippen molar-refractivity contribution in [3.63, 3.8) is 0 Å². The SMILES string of the molecule is CCOc1cccc(OC(C)CC(C)(C#N)NC2CC2)c1. The van der Waals surface area contributed by atoms with E-state index in [1.54, 1.807) is 0 Å². The van der Waals surface area contributed by atoms with Crippen LogP contribution in [-0.4, -0.2) is 24.3 Å². The molecule has 4 nitrogen and oxygen atoms in total. The van der Waals surface area contributed by atoms with E-state index in [1.807, 2.05) is 45.0 Å². The number of hydrogen-bond acceptors (Lipinski definition) is 4. The molecule has 1 N–H and O–H groups in total. The van der Waals surface area contributed by atoms with Crippen LogP contribution in [0.2, 0.25) is 0 Å². The first-order valence-electron chi connectivity index (χ1n) is 7.63. The Kier molecular flexibility index (Phi) is 5.08. The fourth-order valence-electron chi connectivity index (χ4n) is 2.47. The average Bonchev–Trinajstić information content (AvgIpc) is 3.23. The Morgan fingerprint density at radius 2 is 2.14 bits per heavy atom. The molecule has 0 spiro atoms. The van der Waals surface area contributed by atoms with Crippen molar-refractivity contribution in [3.05, 3.63) is 24.3 Å². The zero-order valence-corrected chi connectivity index (χ0v) is 13.1. The molecule has 1 aliphatic carbocycles. The van der Waals surface area contributed by atoms with E-state index in [-0.39, 0.29) is 6.10 Å². The lowest BCUT2D eigenvalue weighted by Gasteiger charge is -2.27. The maximum Gasteiger partial charge on any atom is 0.123 e. The van der Waals surface area contributed by atoms with Crippen molar-refractivity contribution in [1.29, 1.82) is 5.26 Å². The minimum absolute atomic E-state index is 0.0437. The zero-order chi connectivity index (χ0) is 15.3. The molecule has 1 saturated carbocycles. The van der Waals surface area contributed by atoms with Gasteiger partial charge in [0.25, 0.3) is 0 Å². The van der Waals surface area contributed by atoms with Crippen LogP contribution in [-0.2, 0) is 0 Å². The summed E-state index contributed by atoms with van der Waals surface area (Å²) in [4.78, 5) is 0. The number of hydrogen-bond donors (Lipinski definition) is 1. The topological polar surface area (TPSA) is 54.3 Å². The average molecular weight is 288 g/mol. The third-order valence-electron chi connectivity index (χ3n) is 3.50. The molecule has 0 aromatic heterocycles. The number of rotatable bonds is 8. The highest BCUT2D eigenvalue weighted by Crippen LogP contribution is 2.26. The van der Waals surface area contributed by atoms with E-state index in [1.165, 1.54) is 12.8 Å². The summed E-state index contributed by atoms with van der Waals surface area (Å²) in [5.74, 6) is 1.58. The van der Waals surface area contributed by atoms with Crippen molar-refractivity contribution in [1.82, 2.24) is 5.32 Å². The van der Waals surface area contributed by atoms with Gasteiger partial charge in [0, 0.05) is 18.5 Å². The fraction of sp³-hybridized carbons (Fsp3) is 0.588. The molecule has 0 saturated heterocycles. The van der Waals surface area contributed by atoms with E-state index in [4.69, 9.17) is 9.47 Å². The van der Waals surface area contributed by atoms with Gasteiger partial charge in [0.1, 0.15) is 17.0 Å². The predicted octanol–water partition coefficient (Wildman–Crippen LogP) is 3.28. The number of ether oxygens (including phenoxy) is 2. The van der Waals surface area contributed by atoms with Gasteiger partial charge in [-0.25, -0.2) is 0 Å². The van der Waals surface area contributed by atoms with Crippen molar-refractivity contribution in [2.24, 2.45) is 0 Å². The third-order valence-corrected chi connectivity index (χ3v) is 3.50. The number of benzene rings is 1. The molecule has 0 bridgehead atoms. The van der Waals surface area contributed by atoms with Crippen LogP contribution in [0.4, 0.5) is 0 Å². The van der Waals surface area contributed by atoms with Gasteiger partial charge in [-0.1, -0.05) is 6.07 Å². The van der Waals surface area contributed by atoms with Crippen LogP contribution in [0, 0.1) is 11.3 Å². The molecule has 2 atom stereocenters. The van der Waals surface area contributed by atoms with Gasteiger partial charge in [0.2, 0.25) is 0 Å². The van der Waals surface area contributed by atoms with Gasteiger partial charge < -0.3 is 9.47 Å². The Labute approximate surface area is 127 Å². The third kappa shape index (κ3) is 4.95. The molecule has 2 rings (SSSR count). The number of nitriles is 1. The minimum atomic E-state index is -0.530. The second-order valence-corrected chi connectivity index (χ2v) is 5.90. The van der Waals surface area contributed by atoms with Crippen molar-refractivity contribution in [3.8, 4) is 17.6 Å². The van der Waals surface area contributed by atoms with Crippen LogP contribution < -0.4 is 14.8 Å². The summed E-state index contributed by atoms with van der Waals surface area (Å²) >= 11 is 0. The van der Waals surface area contributed by atoms with Crippen molar-refractivity contribution in [2.45, 2.75) is 57.7 Å². The first-order valence-corrected chi connectivity index (χ1v) is 7.63. The Morgan fingerprint density at radius 3 is 2.76 bits per heavy atom. The summed E-state index contributed by atoms with van der Waals surface area (Å²) in [6.45, 7) is 6.54. The summed E-state index contributed by atoms with van der Waals surface area (Å²) in [6.07, 6.45) is 2.95. The van der Waals surface area contributed by atoms with Crippen LogP contribution >= 0.6 is 0 Å². The van der Waals surface area contributed by atoms with Gasteiger partial charge in [0.15, 0.2) is 0 Å². The van der Waals surface area contributed by atoms with Crippen LogP contribution in [0.25, 0.3) is 0 Å². The summed E-state index contributed by atoms with van der Waals surface area (Å²) in [5, 5.41) is 12.8. The van der Waals surface area contributed by atoms with Crippen molar-refractivity contribution in [2.75, 3.05) is 6.61 Å². The molecule has 114 valence electrons. The van der Waals surface area contributed by atoms with Crippen molar-refractivity contribution >= 4 is 0 Å². The van der Waals surface area contributed by atoms with Crippen molar-refractivity contribution < 1.29 is 9.47 Å². The van der Waals surface area contributed by atoms with Gasteiger partial charge >= 0.3 is 0 Å². The van der Waals surface area contributed by atoms with Crippen LogP contribution in [0.15, 0.2) is 24.3 Å². The van der Waals surface area contributed by atoms with Crippen LogP contribution in [0.3, 0.4) is 0 Å². The highest BCUT2D eigenvalue weighted by Gasteiger charge is 2.34. The largest absolute Gasteiger partial charge is 0.494 e. The van der Waals surface area contributed by atoms with Gasteiger partial charge in [-0.05, 0) is 45.7 Å². The Hall–Kier alpha value is -1.73. The highest BCUT2D eigenvalue weighted by molar-refractivity contribution is 5.33. The molecule has 4 heteroatoms. The lowest BCUT2D eigenvalue weighted by Crippen LogP contribution is -2.45. The first-order chi connectivity index (χ1) is 10.0. The van der Waals surface area contributed by atoms with E-state index in [9.17, 15) is 5.26 Å². The second kappa shape index (κ2) is 6.82. The zero-order valence-electron chi connectivity index (χ0n) is 13.1. The van der Waals surface area contributed by atoms with Gasteiger partial charge in [-0.2, -0.15) is 5.26 Å². The molecule has 2 unspecified atom stereocenters. The first kappa shape index (κ1) is 15.7. The lowest BCUT2D eigenvalue weighted by atomic mass is 9.96. The van der Waals surface area contributed by atoms with Crippen LogP contribution in [0.5, 0.6) is 11.5 Å². The summed E-state index contributed by atoms with van der Waals surface area (Å²) in [6, 6.07) is 10.5. The molecule has 0 aliphatic heterocycles. The molecule has 0 heterocycles. The van der Waals surface area contributed by atoms with Gasteiger partial charge in [-0.3, -0.25) is 5.32 Å². The maximum atomic E-state index is 9.40. The highest BCUT2D eigenvalue weighted by atomic mass is 16.5. The summed E-state index contributed by atoms with van der Waals surface area (Å²) in [5.41, 5.74) is -0.530. The second-order valence-electron chi connectivity index (χ2n) is 5.90. The molecule has 1 aromatic carbocycles. The Morgan fingerprint density at radius 1 is 1.43 bits per heavy atom. The van der Waals surface area contributed by atoms with E-state index < -0.39 is 5.54 Å². The Bertz CT molecular complexity index is 508.